The zero-order chi connectivity index (χ0) is 16.5. The summed E-state index contributed by atoms with van der Waals surface area (Å²) in [6.07, 6.45) is 11.4. The molecular formula is C20H29NO2. The van der Waals surface area contributed by atoms with E-state index in [-0.39, 0.29) is 16.4 Å². The Balaban J connectivity index is 1.75. The van der Waals surface area contributed by atoms with Gasteiger partial charge in [-0.25, -0.2) is 4.79 Å². The van der Waals surface area contributed by atoms with E-state index in [4.69, 9.17) is 0 Å². The van der Waals surface area contributed by atoms with Gasteiger partial charge in [0.1, 0.15) is 0 Å². The summed E-state index contributed by atoms with van der Waals surface area (Å²) >= 11 is 0. The largest absolute Gasteiger partial charge is 0.386 e. The number of nitrogens with zero attached hydrogens (tertiary/aromatic N) is 1. The fourth-order valence-electron chi connectivity index (χ4n) is 7.55. The SMILES string of the molecule is C=C1C[C@@]23CC[C@H]4[C@@](C)(CCC[C@@]4(C)N=C=O)[C@@H]2CC[C@]1(O)C3. The standard InChI is InChI=1S/C20H29NO2/c1-14-11-19-9-5-15-17(2,7-4-8-18(15,3)21-13-22)16(19)6-10-20(14,23)12-19/h15-16,23H,1,4-12H2,2-3H3/t15-,16-,17+,18+,19+,20-/m0/s1. The van der Waals surface area contributed by atoms with E-state index in [2.05, 4.69) is 25.4 Å². The molecule has 0 unspecified atom stereocenters. The van der Waals surface area contributed by atoms with Crippen molar-refractivity contribution in [2.24, 2.45) is 27.7 Å². The second-order valence-electron chi connectivity index (χ2n) is 9.45. The van der Waals surface area contributed by atoms with Crippen LogP contribution in [0.2, 0.25) is 0 Å². The molecule has 4 aliphatic carbocycles. The molecule has 0 amide bonds. The lowest BCUT2D eigenvalue weighted by atomic mass is 9.42. The number of hydrogen-bond donors (Lipinski definition) is 1. The first-order valence-corrected chi connectivity index (χ1v) is 9.28. The van der Waals surface area contributed by atoms with Crippen LogP contribution in [0.25, 0.3) is 0 Å². The van der Waals surface area contributed by atoms with Crippen molar-refractivity contribution in [1.82, 2.24) is 0 Å². The van der Waals surface area contributed by atoms with Crippen LogP contribution in [0.3, 0.4) is 0 Å². The quantitative estimate of drug-likeness (QED) is 0.449. The molecule has 4 saturated carbocycles. The maximum Gasteiger partial charge on any atom is 0.235 e. The average molecular weight is 315 g/mol. The van der Waals surface area contributed by atoms with E-state index < -0.39 is 5.60 Å². The number of isocyanates is 1. The van der Waals surface area contributed by atoms with E-state index in [9.17, 15) is 9.90 Å². The Bertz CT molecular complexity index is 609. The van der Waals surface area contributed by atoms with Crippen LogP contribution >= 0.6 is 0 Å². The number of fused-ring (bicyclic) bond motifs is 3. The van der Waals surface area contributed by atoms with Crippen molar-refractivity contribution in [3.05, 3.63) is 12.2 Å². The average Bonchev–Trinajstić information content (AvgIpc) is 2.64. The van der Waals surface area contributed by atoms with Gasteiger partial charge in [0, 0.05) is 0 Å². The van der Waals surface area contributed by atoms with Crippen molar-refractivity contribution in [1.29, 1.82) is 0 Å². The lowest BCUT2D eigenvalue weighted by molar-refractivity contribution is -0.144. The summed E-state index contributed by atoms with van der Waals surface area (Å²) in [5.41, 5.74) is 0.723. The minimum absolute atomic E-state index is 0.234. The zero-order valence-electron chi connectivity index (χ0n) is 14.5. The molecule has 126 valence electrons. The van der Waals surface area contributed by atoms with Crippen molar-refractivity contribution < 1.29 is 9.90 Å². The number of hydrogen-bond acceptors (Lipinski definition) is 3. The van der Waals surface area contributed by atoms with Crippen LogP contribution in [0.15, 0.2) is 17.1 Å². The molecule has 0 heterocycles. The van der Waals surface area contributed by atoms with Crippen molar-refractivity contribution in [2.45, 2.75) is 82.8 Å². The molecule has 0 aliphatic heterocycles. The first-order valence-electron chi connectivity index (χ1n) is 9.28. The Kier molecular flexibility index (Phi) is 3.11. The van der Waals surface area contributed by atoms with Gasteiger partial charge in [0.2, 0.25) is 6.08 Å². The summed E-state index contributed by atoms with van der Waals surface area (Å²) < 4.78 is 0. The molecule has 0 radical (unpaired) electrons. The van der Waals surface area contributed by atoms with Gasteiger partial charge in [-0.2, -0.15) is 4.99 Å². The van der Waals surface area contributed by atoms with Gasteiger partial charge in [0.15, 0.2) is 0 Å². The molecule has 0 saturated heterocycles. The van der Waals surface area contributed by atoms with Gasteiger partial charge < -0.3 is 5.11 Å². The number of carbonyl (C=O) groups excluding carboxylic acids is 1. The van der Waals surface area contributed by atoms with Crippen LogP contribution in [-0.4, -0.2) is 22.3 Å². The lowest BCUT2D eigenvalue weighted by Gasteiger charge is -2.63. The Labute approximate surface area is 139 Å². The second kappa shape index (κ2) is 4.58. The molecule has 3 heteroatoms. The minimum Gasteiger partial charge on any atom is -0.386 e. The van der Waals surface area contributed by atoms with Crippen LogP contribution in [-0.2, 0) is 4.79 Å². The third-order valence-electron chi connectivity index (χ3n) is 8.43. The highest BCUT2D eigenvalue weighted by molar-refractivity contribution is 5.36. The van der Waals surface area contributed by atoms with Gasteiger partial charge in [-0.15, -0.1) is 0 Å². The fraction of sp³-hybridized carbons (Fsp3) is 0.850. The van der Waals surface area contributed by atoms with Gasteiger partial charge in [-0.3, -0.25) is 0 Å². The van der Waals surface area contributed by atoms with Gasteiger partial charge in [-0.1, -0.05) is 19.9 Å². The van der Waals surface area contributed by atoms with E-state index >= 15 is 0 Å². The molecule has 3 nitrogen and oxygen atoms in total. The minimum atomic E-state index is -0.599. The van der Waals surface area contributed by atoms with Crippen LogP contribution in [0.1, 0.15) is 71.6 Å². The highest BCUT2D eigenvalue weighted by Crippen LogP contribution is 2.72. The fourth-order valence-corrected chi connectivity index (χ4v) is 7.55. The van der Waals surface area contributed by atoms with Crippen LogP contribution in [0.4, 0.5) is 0 Å². The maximum absolute atomic E-state index is 11.0. The molecule has 2 bridgehead atoms. The van der Waals surface area contributed by atoms with Gasteiger partial charge in [0.25, 0.3) is 0 Å². The first kappa shape index (κ1) is 15.6. The van der Waals surface area contributed by atoms with Crippen molar-refractivity contribution >= 4 is 6.08 Å². The highest BCUT2D eigenvalue weighted by atomic mass is 16.3. The normalized spacial score (nSPS) is 54.8. The summed E-state index contributed by atoms with van der Waals surface area (Å²) in [4.78, 5) is 15.3. The van der Waals surface area contributed by atoms with Crippen LogP contribution in [0, 0.1) is 22.7 Å². The summed E-state index contributed by atoms with van der Waals surface area (Å²) in [5.74, 6) is 1.11. The van der Waals surface area contributed by atoms with Crippen molar-refractivity contribution in [2.75, 3.05) is 0 Å². The molecule has 4 rings (SSSR count). The predicted octanol–water partition coefficient (Wildman–Crippen LogP) is 4.16. The van der Waals surface area contributed by atoms with E-state index in [1.165, 1.54) is 6.42 Å². The summed E-state index contributed by atoms with van der Waals surface area (Å²) in [7, 11) is 0. The van der Waals surface area contributed by atoms with Crippen molar-refractivity contribution in [3.8, 4) is 0 Å². The van der Waals surface area contributed by atoms with Gasteiger partial charge in [-0.05, 0) is 86.5 Å². The van der Waals surface area contributed by atoms with E-state index in [1.54, 1.807) is 0 Å². The molecule has 0 aromatic carbocycles. The first-order chi connectivity index (χ1) is 10.8. The molecule has 4 fully saturated rings. The smallest absolute Gasteiger partial charge is 0.235 e. The molecule has 1 N–H and O–H groups in total. The van der Waals surface area contributed by atoms with Gasteiger partial charge >= 0.3 is 0 Å². The number of rotatable bonds is 1. The Morgan fingerprint density at radius 1 is 1.17 bits per heavy atom. The third kappa shape index (κ3) is 1.87. The summed E-state index contributed by atoms with van der Waals surface area (Å²) in [6.45, 7) is 8.84. The molecule has 23 heavy (non-hydrogen) atoms. The van der Waals surface area contributed by atoms with Crippen LogP contribution in [0.5, 0.6) is 0 Å². The zero-order valence-corrected chi connectivity index (χ0v) is 14.5. The topological polar surface area (TPSA) is 49.7 Å². The van der Waals surface area contributed by atoms with Crippen LogP contribution < -0.4 is 0 Å². The van der Waals surface area contributed by atoms with Crippen molar-refractivity contribution in [3.63, 3.8) is 0 Å². The Hall–Kier alpha value is -0.920. The second-order valence-corrected chi connectivity index (χ2v) is 9.45. The molecular weight excluding hydrogens is 286 g/mol. The summed E-state index contributed by atoms with van der Waals surface area (Å²) in [5, 5.41) is 10.9. The number of aliphatic imine (C=N–C) groups is 1. The molecule has 0 aromatic heterocycles. The van der Waals surface area contributed by atoms with E-state index in [0.717, 1.165) is 56.9 Å². The maximum atomic E-state index is 11.0. The predicted molar refractivity (Wildman–Crippen MR) is 89.7 cm³/mol. The highest BCUT2D eigenvalue weighted by Gasteiger charge is 2.66. The summed E-state index contributed by atoms with van der Waals surface area (Å²) in [6, 6.07) is 0. The number of aliphatic hydroxyl groups is 1. The Morgan fingerprint density at radius 3 is 2.65 bits per heavy atom. The molecule has 6 atom stereocenters. The van der Waals surface area contributed by atoms with E-state index in [0.29, 0.717) is 11.8 Å². The molecule has 0 aromatic rings. The lowest BCUT2D eigenvalue weighted by Crippen LogP contribution is -2.59. The monoisotopic (exact) mass is 315 g/mol. The Morgan fingerprint density at radius 2 is 1.91 bits per heavy atom. The molecule has 1 spiro atoms. The molecule has 4 aliphatic rings. The third-order valence-corrected chi connectivity index (χ3v) is 8.43. The van der Waals surface area contributed by atoms with E-state index in [1.807, 2.05) is 6.08 Å². The van der Waals surface area contributed by atoms with Gasteiger partial charge in [0.05, 0.1) is 11.1 Å².